The fourth-order valence-electron chi connectivity index (χ4n) is 4.39. The molecule has 0 spiro atoms. The molecule has 13 heteroatoms. The number of carboxylic acid groups (broad SMARTS) is 1. The number of hydrogen-bond acceptors (Lipinski definition) is 8. The fourth-order valence-corrected chi connectivity index (χ4v) is 4.39. The average Bonchev–Trinajstić information content (AvgIpc) is 3.39. The number of likely N-dealkylation sites (tertiary alicyclic amines) is 1. The molecule has 0 saturated carbocycles. The Morgan fingerprint density at radius 3 is 2.00 bits per heavy atom. The number of ketones is 1. The molecule has 1 aliphatic heterocycles. The van der Waals surface area contributed by atoms with Gasteiger partial charge in [-0.2, -0.15) is 0 Å². The largest absolute Gasteiger partial charge is 0.494 e. The van der Waals surface area contributed by atoms with E-state index in [-0.39, 0.29) is 48.1 Å². The molecule has 4 rings (SSSR count). The lowest BCUT2D eigenvalue weighted by molar-refractivity contribution is 0.0217. The van der Waals surface area contributed by atoms with E-state index in [9.17, 15) is 24.3 Å². The van der Waals surface area contributed by atoms with Crippen molar-refractivity contribution in [2.75, 3.05) is 33.6 Å². The zero-order valence-corrected chi connectivity index (χ0v) is 22.8. The molecule has 0 radical (unpaired) electrons. The maximum absolute atomic E-state index is 15.1. The van der Waals surface area contributed by atoms with E-state index in [1.807, 2.05) is 0 Å². The van der Waals surface area contributed by atoms with E-state index < -0.39 is 41.6 Å². The highest BCUT2D eigenvalue weighted by molar-refractivity contribution is 6.11. The molecule has 3 aromatic rings. The number of rotatable bonds is 11. The number of amides is 3. The van der Waals surface area contributed by atoms with Gasteiger partial charge < -0.3 is 34.9 Å². The number of halogens is 1. The van der Waals surface area contributed by atoms with Gasteiger partial charge in [0, 0.05) is 48.8 Å². The van der Waals surface area contributed by atoms with Crippen LogP contribution >= 0.6 is 0 Å². The lowest BCUT2D eigenvalue weighted by atomic mass is 10.00. The minimum Gasteiger partial charge on any atom is -0.494 e. The number of hydrogen-bond donors (Lipinski definition) is 3. The molecule has 2 atom stereocenters. The molecule has 1 fully saturated rings. The van der Waals surface area contributed by atoms with Crippen molar-refractivity contribution in [3.63, 3.8) is 0 Å². The Morgan fingerprint density at radius 2 is 1.45 bits per heavy atom. The molecule has 1 aromatic heterocycles. The molecule has 3 N–H and O–H groups in total. The van der Waals surface area contributed by atoms with Crippen molar-refractivity contribution in [1.29, 1.82) is 0 Å². The number of ether oxygens (including phenoxy) is 3. The summed E-state index contributed by atoms with van der Waals surface area (Å²) in [4.78, 5) is 55.6. The van der Waals surface area contributed by atoms with Gasteiger partial charge in [-0.25, -0.2) is 9.18 Å². The summed E-state index contributed by atoms with van der Waals surface area (Å²) in [6.07, 6.45) is 1.73. The Balaban J connectivity index is 1.49. The average molecular weight is 581 g/mol. The number of methoxy groups -OCH3 is 1. The van der Waals surface area contributed by atoms with Crippen molar-refractivity contribution in [1.82, 2.24) is 20.5 Å². The van der Waals surface area contributed by atoms with Gasteiger partial charge in [0.05, 0.1) is 19.2 Å². The molecule has 42 heavy (non-hydrogen) atoms. The normalized spacial score (nSPS) is 16.0. The van der Waals surface area contributed by atoms with Gasteiger partial charge in [-0.1, -0.05) is 12.1 Å². The molecule has 1 saturated heterocycles. The summed E-state index contributed by atoms with van der Waals surface area (Å²) in [5.41, 5.74) is 0.237. The van der Waals surface area contributed by atoms with Gasteiger partial charge in [-0.3, -0.25) is 19.4 Å². The van der Waals surface area contributed by atoms with E-state index in [2.05, 4.69) is 15.6 Å². The van der Waals surface area contributed by atoms with Gasteiger partial charge in [-0.15, -0.1) is 0 Å². The third-order valence-corrected chi connectivity index (χ3v) is 6.59. The third kappa shape index (κ3) is 6.81. The third-order valence-electron chi connectivity index (χ3n) is 6.59. The minimum absolute atomic E-state index is 0.0235. The van der Waals surface area contributed by atoms with Gasteiger partial charge in [0.25, 0.3) is 11.8 Å². The van der Waals surface area contributed by atoms with E-state index in [0.717, 1.165) is 4.90 Å². The first kappa shape index (κ1) is 29.9. The number of benzene rings is 2. The Kier molecular flexibility index (Phi) is 9.65. The molecule has 0 aliphatic carbocycles. The van der Waals surface area contributed by atoms with Crippen molar-refractivity contribution in [3.05, 3.63) is 89.0 Å². The van der Waals surface area contributed by atoms with Crippen LogP contribution in [0.3, 0.4) is 0 Å². The van der Waals surface area contributed by atoms with Crippen LogP contribution in [-0.4, -0.2) is 84.4 Å². The zero-order valence-electron chi connectivity index (χ0n) is 22.8. The van der Waals surface area contributed by atoms with E-state index in [4.69, 9.17) is 14.2 Å². The Morgan fingerprint density at radius 1 is 0.905 bits per heavy atom. The van der Waals surface area contributed by atoms with Crippen molar-refractivity contribution in [3.8, 4) is 11.5 Å². The highest BCUT2D eigenvalue weighted by Gasteiger charge is 2.37. The quantitative estimate of drug-likeness (QED) is 0.176. The van der Waals surface area contributed by atoms with Crippen LogP contribution in [0.2, 0.25) is 0 Å². The van der Waals surface area contributed by atoms with Crippen LogP contribution in [0.15, 0.2) is 60.9 Å². The zero-order chi connectivity index (χ0) is 30.2. The van der Waals surface area contributed by atoms with Crippen molar-refractivity contribution >= 4 is 23.7 Å². The summed E-state index contributed by atoms with van der Waals surface area (Å²) in [7, 11) is 1.27. The molecule has 0 unspecified atom stereocenters. The van der Waals surface area contributed by atoms with Crippen LogP contribution in [-0.2, 0) is 4.74 Å². The molecule has 2 aromatic carbocycles. The summed E-state index contributed by atoms with van der Waals surface area (Å²) in [6.45, 7) is 1.86. The van der Waals surface area contributed by atoms with Crippen LogP contribution in [0.5, 0.6) is 11.5 Å². The Labute approximate surface area is 240 Å². The van der Waals surface area contributed by atoms with Crippen LogP contribution in [0, 0.1) is 5.82 Å². The van der Waals surface area contributed by atoms with Gasteiger partial charge >= 0.3 is 6.09 Å². The SMILES string of the molecule is CCOCOc1ccc(OC)c(F)c1C(=O)c1ccc(C(=O)N[C@H]2CN(C(=O)O)C[C@H]2NC(=O)c2ccncc2)cc1. The summed E-state index contributed by atoms with van der Waals surface area (Å²) in [6, 6.07) is 9.85. The molecular formula is C29H29FN4O8. The van der Waals surface area contributed by atoms with Crippen molar-refractivity contribution < 1.29 is 42.9 Å². The van der Waals surface area contributed by atoms with Gasteiger partial charge in [0.1, 0.15) is 11.3 Å². The first-order chi connectivity index (χ1) is 20.2. The van der Waals surface area contributed by atoms with Gasteiger partial charge in [-0.05, 0) is 43.3 Å². The predicted octanol–water partition coefficient (Wildman–Crippen LogP) is 2.72. The summed E-state index contributed by atoms with van der Waals surface area (Å²) >= 11 is 0. The maximum atomic E-state index is 15.1. The maximum Gasteiger partial charge on any atom is 0.407 e. The lowest BCUT2D eigenvalue weighted by Gasteiger charge is -2.21. The number of nitrogens with one attached hydrogen (secondary N) is 2. The van der Waals surface area contributed by atoms with Crippen LogP contribution in [0.25, 0.3) is 0 Å². The van der Waals surface area contributed by atoms with Crippen molar-refractivity contribution in [2.24, 2.45) is 0 Å². The van der Waals surface area contributed by atoms with E-state index in [0.29, 0.717) is 12.2 Å². The van der Waals surface area contributed by atoms with Crippen molar-refractivity contribution in [2.45, 2.75) is 19.0 Å². The van der Waals surface area contributed by atoms with Crippen LogP contribution < -0.4 is 20.1 Å². The first-order valence-electron chi connectivity index (χ1n) is 12.9. The summed E-state index contributed by atoms with van der Waals surface area (Å²) in [5.74, 6) is -2.76. The highest BCUT2D eigenvalue weighted by atomic mass is 19.1. The van der Waals surface area contributed by atoms with Gasteiger partial charge in [0.2, 0.25) is 0 Å². The van der Waals surface area contributed by atoms with E-state index >= 15 is 4.39 Å². The van der Waals surface area contributed by atoms with E-state index in [1.54, 1.807) is 6.92 Å². The minimum atomic E-state index is -1.19. The molecular weight excluding hydrogens is 551 g/mol. The lowest BCUT2D eigenvalue weighted by Crippen LogP contribution is -2.51. The standard InChI is InChI=1S/C29H29FN4O8/c1-3-41-16-42-22-8-9-23(40-2)25(30)24(22)26(35)17-4-6-18(7-5-17)27(36)32-20-14-34(29(38)39)15-21(20)33-28(37)19-10-12-31-13-11-19/h4-13,20-21H,3,14-16H2,1-2H3,(H,32,36)(H,33,37)(H,38,39)/t20-,21+/m0/s1. The number of aromatic nitrogens is 1. The monoisotopic (exact) mass is 580 g/mol. The van der Waals surface area contributed by atoms with E-state index in [1.165, 1.54) is 68.0 Å². The number of carbonyl (C=O) groups excluding carboxylic acids is 3. The summed E-state index contributed by atoms with van der Waals surface area (Å²) in [5, 5.41) is 15.0. The second-order valence-electron chi connectivity index (χ2n) is 9.20. The molecule has 3 amide bonds. The molecule has 2 heterocycles. The molecule has 220 valence electrons. The second-order valence-corrected chi connectivity index (χ2v) is 9.20. The Bertz CT molecular complexity index is 1450. The molecule has 12 nitrogen and oxygen atoms in total. The predicted molar refractivity (Wildman–Crippen MR) is 146 cm³/mol. The first-order valence-corrected chi connectivity index (χ1v) is 12.9. The second kappa shape index (κ2) is 13.5. The highest BCUT2D eigenvalue weighted by Crippen LogP contribution is 2.31. The molecule has 1 aliphatic rings. The van der Waals surface area contributed by atoms with Gasteiger partial charge in [0.15, 0.2) is 24.1 Å². The van der Waals surface area contributed by atoms with Crippen LogP contribution in [0.1, 0.15) is 43.6 Å². The number of carbonyl (C=O) groups is 4. The number of nitrogens with zero attached hydrogens (tertiary/aromatic N) is 2. The molecule has 0 bridgehead atoms. The topological polar surface area (TPSA) is 156 Å². The smallest absolute Gasteiger partial charge is 0.407 e. The number of pyridine rings is 1. The fraction of sp³-hybridized carbons (Fsp3) is 0.276. The Hall–Kier alpha value is -5.04. The van der Waals surface area contributed by atoms with Crippen LogP contribution in [0.4, 0.5) is 9.18 Å². The summed E-state index contributed by atoms with van der Waals surface area (Å²) < 4.78 is 30.7.